The van der Waals surface area contributed by atoms with E-state index in [1.54, 1.807) is 47.4 Å². The number of ketones is 1. The Balaban J connectivity index is 1.33. The van der Waals surface area contributed by atoms with Crippen LogP contribution < -0.4 is 14.2 Å². The van der Waals surface area contributed by atoms with E-state index in [0.29, 0.717) is 66.6 Å². The molecule has 3 heterocycles. The third-order valence-corrected chi connectivity index (χ3v) is 8.22. The van der Waals surface area contributed by atoms with E-state index in [1.165, 1.54) is 14.2 Å². The summed E-state index contributed by atoms with van der Waals surface area (Å²) in [6.07, 6.45) is 0.647. The number of methoxy groups -OCH3 is 2. The third kappa shape index (κ3) is 6.25. The SMILES string of the molecule is COc1cc(C2C(C(=O)c3cc4cccc(OC)c4o3)=C(O)C(=O)N2CCCN2CCOCC2)ccc1OCc1ccccc1. The van der Waals surface area contributed by atoms with Gasteiger partial charge in [0.05, 0.1) is 39.0 Å². The Labute approximate surface area is 261 Å². The lowest BCUT2D eigenvalue weighted by molar-refractivity contribution is -0.129. The third-order valence-electron chi connectivity index (χ3n) is 8.22. The zero-order valence-electron chi connectivity index (χ0n) is 25.4. The number of carbonyl (C=O) groups excluding carboxylic acids is 2. The highest BCUT2D eigenvalue weighted by Crippen LogP contribution is 2.42. The second kappa shape index (κ2) is 13.5. The van der Waals surface area contributed by atoms with E-state index in [4.69, 9.17) is 23.4 Å². The van der Waals surface area contributed by atoms with Crippen LogP contribution in [0, 0.1) is 0 Å². The molecule has 2 aliphatic heterocycles. The minimum Gasteiger partial charge on any atom is -0.503 e. The summed E-state index contributed by atoms with van der Waals surface area (Å²) in [4.78, 5) is 31.5. The van der Waals surface area contributed by atoms with Crippen molar-refractivity contribution in [1.29, 1.82) is 0 Å². The van der Waals surface area contributed by atoms with E-state index in [0.717, 1.165) is 25.2 Å². The predicted octanol–water partition coefficient (Wildman–Crippen LogP) is 5.33. The van der Waals surface area contributed by atoms with Gasteiger partial charge < -0.3 is 33.4 Å². The molecular weight excluding hydrogens is 576 g/mol. The van der Waals surface area contributed by atoms with Gasteiger partial charge in [-0.25, -0.2) is 0 Å². The average Bonchev–Trinajstić information content (AvgIpc) is 3.63. The molecule has 0 bridgehead atoms. The highest BCUT2D eigenvalue weighted by atomic mass is 16.5. The van der Waals surface area contributed by atoms with Crippen LogP contribution in [0.3, 0.4) is 0 Å². The lowest BCUT2D eigenvalue weighted by Crippen LogP contribution is -2.39. The first-order valence-corrected chi connectivity index (χ1v) is 15.0. The molecule has 1 unspecified atom stereocenters. The van der Waals surface area contributed by atoms with Crippen LogP contribution in [0.1, 0.15) is 34.1 Å². The maximum atomic E-state index is 14.1. The summed E-state index contributed by atoms with van der Waals surface area (Å²) in [5.74, 6) is -0.351. The summed E-state index contributed by atoms with van der Waals surface area (Å²) >= 11 is 0. The fourth-order valence-electron chi connectivity index (χ4n) is 5.90. The number of amides is 1. The number of aliphatic hydroxyl groups is 1. The number of benzene rings is 3. The number of ether oxygens (including phenoxy) is 4. The zero-order chi connectivity index (χ0) is 31.3. The molecule has 3 aromatic carbocycles. The highest BCUT2D eigenvalue weighted by Gasteiger charge is 2.44. The first-order valence-electron chi connectivity index (χ1n) is 15.0. The standard InChI is InChI=1S/C35H36N2O8/c1-41-27-11-6-10-25-21-29(45-34(25)27)32(38)30-31(37(35(40)33(30)39)15-7-14-36-16-18-43-19-17-36)24-12-13-26(28(20-24)42-2)44-22-23-8-4-3-5-9-23/h3-6,8-13,20-21,31,39H,7,14-19,22H2,1-2H3. The molecule has 0 saturated carbocycles. The van der Waals surface area contributed by atoms with Gasteiger partial charge in [-0.2, -0.15) is 0 Å². The molecule has 0 radical (unpaired) electrons. The van der Waals surface area contributed by atoms with E-state index >= 15 is 0 Å². The van der Waals surface area contributed by atoms with E-state index in [1.807, 2.05) is 30.3 Å². The zero-order valence-corrected chi connectivity index (χ0v) is 25.4. The molecule has 6 rings (SSSR count). The summed E-state index contributed by atoms with van der Waals surface area (Å²) < 4.78 is 28.6. The molecule has 0 aliphatic carbocycles. The lowest BCUT2D eigenvalue weighted by atomic mass is 9.94. The number of nitrogens with zero attached hydrogens (tertiary/aromatic N) is 2. The van der Waals surface area contributed by atoms with Gasteiger partial charge in [-0.15, -0.1) is 0 Å². The van der Waals surface area contributed by atoms with Crippen molar-refractivity contribution in [3.8, 4) is 17.2 Å². The fraction of sp³-hybridized carbons (Fsp3) is 0.314. The molecule has 1 atom stereocenters. The van der Waals surface area contributed by atoms with Crippen molar-refractivity contribution in [1.82, 2.24) is 9.80 Å². The average molecular weight is 613 g/mol. The minimum atomic E-state index is -0.873. The van der Waals surface area contributed by atoms with Crippen LogP contribution in [-0.4, -0.2) is 80.2 Å². The van der Waals surface area contributed by atoms with Gasteiger partial charge in [0.25, 0.3) is 5.91 Å². The second-order valence-electron chi connectivity index (χ2n) is 11.0. The maximum absolute atomic E-state index is 14.1. The summed E-state index contributed by atoms with van der Waals surface area (Å²) in [5.41, 5.74) is 1.96. The molecule has 1 N–H and O–H groups in total. The van der Waals surface area contributed by atoms with Crippen LogP contribution in [0.5, 0.6) is 17.2 Å². The number of Topliss-reactive ketones (excluding diaryl/α,β-unsaturated/α-hetero) is 1. The molecule has 0 spiro atoms. The number of carbonyl (C=O) groups is 2. The smallest absolute Gasteiger partial charge is 0.290 e. The Hall–Kier alpha value is -4.80. The first-order chi connectivity index (χ1) is 22.0. The molecule has 234 valence electrons. The number of hydrogen-bond acceptors (Lipinski definition) is 9. The Kier molecular flexibility index (Phi) is 9.04. The number of fused-ring (bicyclic) bond motifs is 1. The lowest BCUT2D eigenvalue weighted by Gasteiger charge is -2.30. The van der Waals surface area contributed by atoms with Gasteiger partial charge in [-0.3, -0.25) is 14.5 Å². The molecule has 1 saturated heterocycles. The number of morpholine rings is 1. The van der Waals surface area contributed by atoms with Crippen molar-refractivity contribution in [2.45, 2.75) is 19.1 Å². The molecule has 1 fully saturated rings. The number of furan rings is 1. The number of para-hydroxylation sites is 1. The molecule has 10 heteroatoms. The Morgan fingerprint density at radius 2 is 1.69 bits per heavy atom. The fourth-order valence-corrected chi connectivity index (χ4v) is 5.90. The van der Waals surface area contributed by atoms with E-state index in [9.17, 15) is 14.7 Å². The summed E-state index contributed by atoms with van der Waals surface area (Å²) in [7, 11) is 3.06. The maximum Gasteiger partial charge on any atom is 0.290 e. The van der Waals surface area contributed by atoms with Crippen LogP contribution in [-0.2, 0) is 16.1 Å². The molecule has 45 heavy (non-hydrogen) atoms. The number of rotatable bonds is 12. The van der Waals surface area contributed by atoms with Crippen molar-refractivity contribution < 1.29 is 38.1 Å². The van der Waals surface area contributed by atoms with Gasteiger partial charge in [0.15, 0.2) is 34.4 Å². The second-order valence-corrected chi connectivity index (χ2v) is 11.0. The summed E-state index contributed by atoms with van der Waals surface area (Å²) in [6, 6.07) is 21.2. The van der Waals surface area contributed by atoms with Crippen LogP contribution in [0.15, 0.2) is 88.5 Å². The quantitative estimate of drug-likeness (QED) is 0.212. The van der Waals surface area contributed by atoms with E-state index < -0.39 is 23.5 Å². The number of aliphatic hydroxyl groups excluding tert-OH is 1. The first kappa shape index (κ1) is 30.2. The molecule has 10 nitrogen and oxygen atoms in total. The van der Waals surface area contributed by atoms with Crippen molar-refractivity contribution in [2.75, 3.05) is 53.6 Å². The van der Waals surface area contributed by atoms with Crippen molar-refractivity contribution in [3.63, 3.8) is 0 Å². The Bertz CT molecular complexity index is 1710. The monoisotopic (exact) mass is 612 g/mol. The van der Waals surface area contributed by atoms with Crippen LogP contribution in [0.2, 0.25) is 0 Å². The van der Waals surface area contributed by atoms with Gasteiger partial charge in [0.1, 0.15) is 6.61 Å². The molecule has 1 amide bonds. The van der Waals surface area contributed by atoms with Gasteiger partial charge in [-0.1, -0.05) is 48.5 Å². The Morgan fingerprint density at radius 3 is 2.44 bits per heavy atom. The van der Waals surface area contributed by atoms with Crippen LogP contribution >= 0.6 is 0 Å². The molecular formula is C35H36N2O8. The molecule has 4 aromatic rings. The van der Waals surface area contributed by atoms with Crippen LogP contribution in [0.25, 0.3) is 11.0 Å². The van der Waals surface area contributed by atoms with Crippen molar-refractivity contribution in [3.05, 3.63) is 101 Å². The van der Waals surface area contributed by atoms with E-state index in [-0.39, 0.29) is 11.3 Å². The summed E-state index contributed by atoms with van der Waals surface area (Å²) in [6.45, 7) is 4.41. The number of hydrogen-bond donors (Lipinski definition) is 1. The Morgan fingerprint density at radius 1 is 0.911 bits per heavy atom. The largest absolute Gasteiger partial charge is 0.503 e. The highest BCUT2D eigenvalue weighted by molar-refractivity contribution is 6.16. The predicted molar refractivity (Wildman–Crippen MR) is 167 cm³/mol. The van der Waals surface area contributed by atoms with Crippen molar-refractivity contribution >= 4 is 22.7 Å². The normalized spacial score (nSPS) is 17.2. The van der Waals surface area contributed by atoms with Gasteiger partial charge in [0, 0.05) is 31.6 Å². The molecule has 1 aromatic heterocycles. The van der Waals surface area contributed by atoms with Gasteiger partial charge >= 0.3 is 0 Å². The van der Waals surface area contributed by atoms with Gasteiger partial charge in [-0.05, 0) is 41.8 Å². The van der Waals surface area contributed by atoms with Gasteiger partial charge in [0.2, 0.25) is 5.78 Å². The summed E-state index contributed by atoms with van der Waals surface area (Å²) in [5, 5.41) is 11.9. The molecule has 2 aliphatic rings. The minimum absolute atomic E-state index is 0.00111. The van der Waals surface area contributed by atoms with E-state index in [2.05, 4.69) is 4.90 Å². The van der Waals surface area contributed by atoms with Crippen molar-refractivity contribution in [2.24, 2.45) is 0 Å². The topological polar surface area (TPSA) is 111 Å². The van der Waals surface area contributed by atoms with Crippen LogP contribution in [0.4, 0.5) is 0 Å².